The van der Waals surface area contributed by atoms with Crippen molar-refractivity contribution in [2.45, 2.75) is 129 Å². The molecule has 0 bridgehead atoms. The molecule has 0 aromatic rings. The fourth-order valence-corrected chi connectivity index (χ4v) is 3.01. The number of allylic oxidation sites excluding steroid dienone is 2. The highest BCUT2D eigenvalue weighted by Crippen LogP contribution is 2.12. The Morgan fingerprint density at radius 3 is 1.52 bits per heavy atom. The number of rotatable bonds is 18. The zero-order valence-electron chi connectivity index (χ0n) is 16.2. The van der Waals surface area contributed by atoms with Crippen LogP contribution in [0.25, 0.3) is 0 Å². The predicted molar refractivity (Wildman–Crippen MR) is 105 cm³/mol. The molecule has 138 valence electrons. The van der Waals surface area contributed by atoms with E-state index in [1.165, 1.54) is 96.3 Å². The summed E-state index contributed by atoms with van der Waals surface area (Å²) in [7, 11) is 0. The van der Waals surface area contributed by atoms with E-state index in [4.69, 9.17) is 0 Å². The highest BCUT2D eigenvalue weighted by molar-refractivity contribution is 4.81. The van der Waals surface area contributed by atoms with Crippen molar-refractivity contribution in [3.63, 3.8) is 0 Å². The minimum Gasteiger partial charge on any atom is -0.393 e. The fourth-order valence-electron chi connectivity index (χ4n) is 3.01. The molecule has 1 nitrogen and oxygen atoms in total. The van der Waals surface area contributed by atoms with Crippen LogP contribution < -0.4 is 0 Å². The van der Waals surface area contributed by atoms with Gasteiger partial charge in [-0.15, -0.1) is 0 Å². The molecule has 0 aromatic carbocycles. The van der Waals surface area contributed by atoms with Crippen LogP contribution in [0.4, 0.5) is 0 Å². The predicted octanol–water partition coefficient (Wildman–Crippen LogP) is 7.58. The highest BCUT2D eigenvalue weighted by atomic mass is 16.3. The lowest BCUT2D eigenvalue weighted by Gasteiger charge is -2.06. The molecular formula is C22H44O. The monoisotopic (exact) mass is 324 g/mol. The topological polar surface area (TPSA) is 20.2 Å². The Bertz CT molecular complexity index is 234. The Morgan fingerprint density at radius 2 is 1.04 bits per heavy atom. The molecule has 0 saturated heterocycles. The third kappa shape index (κ3) is 19.7. The second-order valence-electron chi connectivity index (χ2n) is 7.14. The van der Waals surface area contributed by atoms with Crippen molar-refractivity contribution in [3.05, 3.63) is 12.2 Å². The molecule has 0 radical (unpaired) electrons. The van der Waals surface area contributed by atoms with Crippen molar-refractivity contribution < 1.29 is 5.11 Å². The third-order valence-corrected chi connectivity index (χ3v) is 4.77. The van der Waals surface area contributed by atoms with E-state index in [0.29, 0.717) is 0 Å². The highest BCUT2D eigenvalue weighted by Gasteiger charge is 1.99. The van der Waals surface area contributed by atoms with Crippen LogP contribution in [0, 0.1) is 0 Å². The van der Waals surface area contributed by atoms with Gasteiger partial charge in [-0.1, -0.05) is 96.6 Å². The van der Waals surface area contributed by atoms with Crippen LogP contribution in [0.5, 0.6) is 0 Å². The Balaban J connectivity index is 3.08. The first-order valence-corrected chi connectivity index (χ1v) is 10.6. The summed E-state index contributed by atoms with van der Waals surface area (Å²) in [6.45, 7) is 4.34. The van der Waals surface area contributed by atoms with Gasteiger partial charge in [0.25, 0.3) is 0 Å². The van der Waals surface area contributed by atoms with E-state index in [2.05, 4.69) is 26.0 Å². The van der Waals surface area contributed by atoms with E-state index in [-0.39, 0.29) is 6.10 Å². The SMILES string of the molecule is CCCCCCCCC=CCCCCCCCCCC(O)CC. The van der Waals surface area contributed by atoms with Crippen molar-refractivity contribution in [1.82, 2.24) is 0 Å². The van der Waals surface area contributed by atoms with Gasteiger partial charge in [0.2, 0.25) is 0 Å². The number of hydrogen-bond donors (Lipinski definition) is 1. The molecule has 0 fully saturated rings. The first-order valence-electron chi connectivity index (χ1n) is 10.6. The second-order valence-corrected chi connectivity index (χ2v) is 7.14. The minimum absolute atomic E-state index is 0.0573. The molecule has 23 heavy (non-hydrogen) atoms. The zero-order valence-corrected chi connectivity index (χ0v) is 16.2. The standard InChI is InChI=1S/C22H44O/c1-3-5-6-7-8-9-10-11-12-13-14-15-16-17-18-19-20-21-22(23)4-2/h11-12,22-23H,3-10,13-21H2,1-2H3. The summed E-state index contributed by atoms with van der Waals surface area (Å²) in [5.74, 6) is 0. The Labute approximate surface area is 147 Å². The molecule has 1 unspecified atom stereocenters. The van der Waals surface area contributed by atoms with Gasteiger partial charge in [0, 0.05) is 0 Å². The second kappa shape index (κ2) is 19.7. The average Bonchev–Trinajstić information content (AvgIpc) is 2.57. The normalized spacial score (nSPS) is 13.0. The molecule has 0 amide bonds. The van der Waals surface area contributed by atoms with E-state index in [0.717, 1.165) is 12.8 Å². The van der Waals surface area contributed by atoms with E-state index >= 15 is 0 Å². The van der Waals surface area contributed by atoms with Gasteiger partial charge < -0.3 is 5.11 Å². The van der Waals surface area contributed by atoms with Crippen LogP contribution in [0.15, 0.2) is 12.2 Å². The van der Waals surface area contributed by atoms with E-state index in [1.807, 2.05) is 0 Å². The summed E-state index contributed by atoms with van der Waals surface area (Å²) in [5, 5.41) is 9.48. The molecule has 0 spiro atoms. The van der Waals surface area contributed by atoms with Crippen LogP contribution in [0.2, 0.25) is 0 Å². The van der Waals surface area contributed by atoms with Crippen molar-refractivity contribution in [3.8, 4) is 0 Å². The zero-order chi connectivity index (χ0) is 17.0. The van der Waals surface area contributed by atoms with Gasteiger partial charge in [-0.3, -0.25) is 0 Å². The lowest BCUT2D eigenvalue weighted by atomic mass is 10.0. The van der Waals surface area contributed by atoms with Gasteiger partial charge in [-0.25, -0.2) is 0 Å². The van der Waals surface area contributed by atoms with E-state index in [9.17, 15) is 5.11 Å². The Kier molecular flexibility index (Phi) is 19.5. The summed E-state index contributed by atoms with van der Waals surface area (Å²) in [4.78, 5) is 0. The summed E-state index contributed by atoms with van der Waals surface area (Å²) in [6.07, 6.45) is 27.0. The average molecular weight is 325 g/mol. The maximum atomic E-state index is 9.48. The fraction of sp³-hybridized carbons (Fsp3) is 0.909. The summed E-state index contributed by atoms with van der Waals surface area (Å²) in [5.41, 5.74) is 0. The van der Waals surface area contributed by atoms with Crippen LogP contribution >= 0.6 is 0 Å². The van der Waals surface area contributed by atoms with Crippen LogP contribution in [-0.4, -0.2) is 11.2 Å². The Morgan fingerprint density at radius 1 is 0.609 bits per heavy atom. The number of aliphatic hydroxyl groups excluding tert-OH is 1. The Hall–Kier alpha value is -0.300. The molecule has 0 aliphatic heterocycles. The molecular weight excluding hydrogens is 280 g/mol. The van der Waals surface area contributed by atoms with Crippen molar-refractivity contribution in [1.29, 1.82) is 0 Å². The number of hydrogen-bond acceptors (Lipinski definition) is 1. The molecule has 1 heteroatoms. The molecule has 0 aliphatic rings. The summed E-state index contributed by atoms with van der Waals surface area (Å²) < 4.78 is 0. The molecule has 1 atom stereocenters. The van der Waals surface area contributed by atoms with E-state index in [1.54, 1.807) is 0 Å². The van der Waals surface area contributed by atoms with Gasteiger partial charge in [0.05, 0.1) is 6.10 Å². The van der Waals surface area contributed by atoms with Crippen LogP contribution in [0.1, 0.15) is 123 Å². The van der Waals surface area contributed by atoms with Crippen molar-refractivity contribution >= 4 is 0 Å². The molecule has 0 aliphatic carbocycles. The molecule has 1 N–H and O–H groups in total. The lowest BCUT2D eigenvalue weighted by molar-refractivity contribution is 0.156. The van der Waals surface area contributed by atoms with Gasteiger partial charge >= 0.3 is 0 Å². The number of aliphatic hydroxyl groups is 1. The molecule has 0 heterocycles. The van der Waals surface area contributed by atoms with Crippen molar-refractivity contribution in [2.75, 3.05) is 0 Å². The van der Waals surface area contributed by atoms with Gasteiger partial charge in [-0.05, 0) is 38.5 Å². The lowest BCUT2D eigenvalue weighted by Crippen LogP contribution is -2.03. The summed E-state index contributed by atoms with van der Waals surface area (Å²) in [6, 6.07) is 0. The van der Waals surface area contributed by atoms with Gasteiger partial charge in [0.15, 0.2) is 0 Å². The van der Waals surface area contributed by atoms with Crippen molar-refractivity contribution in [2.24, 2.45) is 0 Å². The molecule has 0 rings (SSSR count). The van der Waals surface area contributed by atoms with Crippen LogP contribution in [0.3, 0.4) is 0 Å². The smallest absolute Gasteiger partial charge is 0.0537 e. The summed E-state index contributed by atoms with van der Waals surface area (Å²) >= 11 is 0. The molecule has 0 aromatic heterocycles. The van der Waals surface area contributed by atoms with E-state index < -0.39 is 0 Å². The van der Waals surface area contributed by atoms with Gasteiger partial charge in [0.1, 0.15) is 0 Å². The molecule has 0 saturated carbocycles. The first-order chi connectivity index (χ1) is 11.3. The maximum Gasteiger partial charge on any atom is 0.0537 e. The van der Waals surface area contributed by atoms with Gasteiger partial charge in [-0.2, -0.15) is 0 Å². The number of unbranched alkanes of at least 4 members (excludes halogenated alkanes) is 13. The van der Waals surface area contributed by atoms with Crippen LogP contribution in [-0.2, 0) is 0 Å². The first kappa shape index (κ1) is 22.7. The minimum atomic E-state index is -0.0573. The third-order valence-electron chi connectivity index (χ3n) is 4.77. The quantitative estimate of drug-likeness (QED) is 0.203. The maximum absolute atomic E-state index is 9.48. The largest absolute Gasteiger partial charge is 0.393 e.